The fourth-order valence-corrected chi connectivity index (χ4v) is 1.78. The van der Waals surface area contributed by atoms with Crippen LogP contribution in [0.15, 0.2) is 24.3 Å². The van der Waals surface area contributed by atoms with E-state index in [0.717, 1.165) is 6.92 Å². The van der Waals surface area contributed by atoms with Crippen LogP contribution in [0.3, 0.4) is 0 Å². The van der Waals surface area contributed by atoms with Crippen molar-refractivity contribution >= 4 is 35.0 Å². The van der Waals surface area contributed by atoms with Gasteiger partial charge in [0.2, 0.25) is 17.6 Å². The summed E-state index contributed by atoms with van der Waals surface area (Å²) in [4.78, 5) is 55.7. The molecule has 1 aromatic carbocycles. The number of carbonyl (C=O) groups excluding carboxylic acids is 5. The van der Waals surface area contributed by atoms with Crippen LogP contribution in [0, 0.1) is 0 Å². The highest BCUT2D eigenvalue weighted by Gasteiger charge is 2.19. The quantitative estimate of drug-likeness (QED) is 0.452. The second kappa shape index (κ2) is 7.83. The van der Waals surface area contributed by atoms with E-state index in [9.17, 15) is 24.0 Å². The van der Waals surface area contributed by atoms with Crippen molar-refractivity contribution in [1.82, 2.24) is 5.32 Å². The van der Waals surface area contributed by atoms with Crippen molar-refractivity contribution in [2.45, 2.75) is 26.3 Å². The first kappa shape index (κ1) is 18.0. The molecule has 0 saturated carbocycles. The second-order valence-electron chi connectivity index (χ2n) is 4.90. The molecule has 8 heteroatoms. The van der Waals surface area contributed by atoms with E-state index >= 15 is 0 Å². The first-order valence-electron chi connectivity index (χ1n) is 6.72. The molecule has 1 atom stereocenters. The fraction of sp³-hybridized carbons (Fsp3) is 0.267. The summed E-state index contributed by atoms with van der Waals surface area (Å²) in [6.45, 7) is 2.29. The molecule has 0 fully saturated rings. The number of Topliss-reactive ketones (excluding diaryl/α,β-unsaturated/α-hetero) is 2. The lowest BCUT2D eigenvalue weighted by atomic mass is 10.0. The molecule has 1 aromatic rings. The highest BCUT2D eigenvalue weighted by Crippen LogP contribution is 2.11. The molecule has 0 aliphatic carbocycles. The van der Waals surface area contributed by atoms with Gasteiger partial charge in [-0.2, -0.15) is 0 Å². The molecule has 3 amide bonds. The fourth-order valence-electron chi connectivity index (χ4n) is 1.78. The van der Waals surface area contributed by atoms with Gasteiger partial charge in [0.15, 0.2) is 0 Å². The third-order valence-electron chi connectivity index (χ3n) is 2.90. The molecule has 122 valence electrons. The Bertz CT molecular complexity index is 652. The molecule has 0 aliphatic rings. The summed E-state index contributed by atoms with van der Waals surface area (Å²) < 4.78 is 0. The Labute approximate surface area is 132 Å². The number of carbonyl (C=O) groups is 5. The number of anilines is 1. The van der Waals surface area contributed by atoms with Crippen LogP contribution in [0.25, 0.3) is 0 Å². The van der Waals surface area contributed by atoms with E-state index in [1.165, 1.54) is 19.1 Å². The Morgan fingerprint density at radius 2 is 1.61 bits per heavy atom. The summed E-state index contributed by atoms with van der Waals surface area (Å²) in [5.74, 6) is -4.03. The van der Waals surface area contributed by atoms with Gasteiger partial charge in [0.05, 0.1) is 0 Å². The maximum Gasteiger partial charge on any atom is 0.299 e. The second-order valence-corrected chi connectivity index (χ2v) is 4.90. The predicted octanol–water partition coefficient (Wildman–Crippen LogP) is -0.684. The van der Waals surface area contributed by atoms with Crippen LogP contribution in [0.5, 0.6) is 0 Å². The van der Waals surface area contributed by atoms with Crippen molar-refractivity contribution in [3.63, 3.8) is 0 Å². The monoisotopic (exact) mass is 319 g/mol. The van der Waals surface area contributed by atoms with E-state index in [-0.39, 0.29) is 12.3 Å². The Morgan fingerprint density at radius 3 is 2.04 bits per heavy atom. The van der Waals surface area contributed by atoms with Crippen LogP contribution in [0.2, 0.25) is 0 Å². The van der Waals surface area contributed by atoms with Crippen molar-refractivity contribution in [1.29, 1.82) is 0 Å². The molecule has 4 N–H and O–H groups in total. The lowest BCUT2D eigenvalue weighted by Crippen LogP contribution is -2.44. The van der Waals surface area contributed by atoms with E-state index < -0.39 is 29.4 Å². The SMILES string of the molecule is CC(=O)N[C@@H](Cc1ccc(NC(=O)C(=O)C(C)=O)cc1)C(N)=O. The zero-order valence-corrected chi connectivity index (χ0v) is 12.7. The highest BCUT2D eigenvalue weighted by molar-refractivity contribution is 6.65. The van der Waals surface area contributed by atoms with Crippen molar-refractivity contribution in [3.05, 3.63) is 29.8 Å². The van der Waals surface area contributed by atoms with Gasteiger partial charge in [0.25, 0.3) is 11.7 Å². The van der Waals surface area contributed by atoms with E-state index in [1.54, 1.807) is 12.1 Å². The topological polar surface area (TPSA) is 135 Å². The lowest BCUT2D eigenvalue weighted by molar-refractivity contribution is -0.142. The maximum atomic E-state index is 11.4. The Hall–Kier alpha value is -3.03. The largest absolute Gasteiger partial charge is 0.368 e. The number of ketones is 2. The van der Waals surface area contributed by atoms with E-state index in [2.05, 4.69) is 10.6 Å². The lowest BCUT2D eigenvalue weighted by Gasteiger charge is -2.14. The average Bonchev–Trinajstić information content (AvgIpc) is 2.46. The molecule has 0 saturated heterocycles. The Balaban J connectivity index is 2.74. The number of benzene rings is 1. The van der Waals surface area contributed by atoms with Crippen LogP contribution >= 0.6 is 0 Å². The molecule has 0 aromatic heterocycles. The van der Waals surface area contributed by atoms with Crippen LogP contribution in [0.1, 0.15) is 19.4 Å². The molecule has 8 nitrogen and oxygen atoms in total. The standard InChI is InChI=1S/C15H17N3O5/c1-8(19)13(21)15(23)18-11-5-3-10(4-6-11)7-12(14(16)22)17-9(2)20/h3-6,12H,7H2,1-2H3,(H2,16,22)(H,17,20)(H,18,23)/t12-/m0/s1. The molecule has 0 heterocycles. The first-order valence-corrected chi connectivity index (χ1v) is 6.72. The molecule has 1 rings (SSSR count). The van der Waals surface area contributed by atoms with Crippen molar-refractivity contribution < 1.29 is 24.0 Å². The zero-order chi connectivity index (χ0) is 17.6. The van der Waals surface area contributed by atoms with Crippen LogP contribution in [-0.2, 0) is 30.4 Å². The molecule has 0 unspecified atom stereocenters. The normalized spacial score (nSPS) is 11.2. The predicted molar refractivity (Wildman–Crippen MR) is 81.3 cm³/mol. The molecule has 0 spiro atoms. The molecule has 23 heavy (non-hydrogen) atoms. The molecular weight excluding hydrogens is 302 g/mol. The summed E-state index contributed by atoms with van der Waals surface area (Å²) in [7, 11) is 0. The molecule has 0 radical (unpaired) electrons. The number of primary amides is 1. The molecular formula is C15H17N3O5. The van der Waals surface area contributed by atoms with Gasteiger partial charge >= 0.3 is 0 Å². The molecule has 0 bridgehead atoms. The maximum absolute atomic E-state index is 11.4. The summed E-state index contributed by atoms with van der Waals surface area (Å²) in [6, 6.07) is 5.38. The van der Waals surface area contributed by atoms with Gasteiger partial charge < -0.3 is 16.4 Å². The van der Waals surface area contributed by atoms with Crippen molar-refractivity contribution in [2.75, 3.05) is 5.32 Å². The van der Waals surface area contributed by atoms with Crippen molar-refractivity contribution in [3.8, 4) is 0 Å². The van der Waals surface area contributed by atoms with Gasteiger partial charge in [0.1, 0.15) is 6.04 Å². The third kappa shape index (κ3) is 5.70. The molecule has 0 aliphatic heterocycles. The van der Waals surface area contributed by atoms with Gasteiger partial charge in [-0.1, -0.05) is 12.1 Å². The van der Waals surface area contributed by atoms with Crippen LogP contribution in [0.4, 0.5) is 5.69 Å². The van der Waals surface area contributed by atoms with Gasteiger partial charge in [-0.05, 0) is 17.7 Å². The van der Waals surface area contributed by atoms with Gasteiger partial charge in [-0.15, -0.1) is 0 Å². The van der Waals surface area contributed by atoms with E-state index in [0.29, 0.717) is 11.3 Å². The number of nitrogens with one attached hydrogen (secondary N) is 2. The number of nitrogens with two attached hydrogens (primary N) is 1. The summed E-state index contributed by atoms with van der Waals surface area (Å²) in [5, 5.41) is 4.72. The number of amides is 3. The van der Waals surface area contributed by atoms with Gasteiger partial charge in [-0.25, -0.2) is 0 Å². The minimum Gasteiger partial charge on any atom is -0.368 e. The number of hydrogen-bond acceptors (Lipinski definition) is 5. The van der Waals surface area contributed by atoms with Crippen LogP contribution < -0.4 is 16.4 Å². The summed E-state index contributed by atoms with van der Waals surface area (Å²) in [5.41, 5.74) is 6.23. The zero-order valence-electron chi connectivity index (χ0n) is 12.7. The smallest absolute Gasteiger partial charge is 0.299 e. The van der Waals surface area contributed by atoms with Gasteiger partial charge in [-0.3, -0.25) is 24.0 Å². The average molecular weight is 319 g/mol. The summed E-state index contributed by atoms with van der Waals surface area (Å²) >= 11 is 0. The van der Waals surface area contributed by atoms with Crippen molar-refractivity contribution in [2.24, 2.45) is 5.73 Å². The summed E-state index contributed by atoms with van der Waals surface area (Å²) in [6.07, 6.45) is 0.190. The minimum atomic E-state index is -1.13. The van der Waals surface area contributed by atoms with E-state index in [4.69, 9.17) is 5.73 Å². The van der Waals surface area contributed by atoms with E-state index in [1.807, 2.05) is 0 Å². The first-order chi connectivity index (χ1) is 10.7. The number of hydrogen-bond donors (Lipinski definition) is 3. The Morgan fingerprint density at radius 1 is 1.04 bits per heavy atom. The highest BCUT2D eigenvalue weighted by atomic mass is 16.2. The third-order valence-corrected chi connectivity index (χ3v) is 2.90. The minimum absolute atomic E-state index is 0.190. The number of rotatable bonds is 7. The van der Waals surface area contributed by atoms with Crippen LogP contribution in [-0.4, -0.2) is 35.3 Å². The Kier molecular flexibility index (Phi) is 6.13. The van der Waals surface area contributed by atoms with Gasteiger partial charge in [0, 0.05) is 26.0 Å².